The predicted octanol–water partition coefficient (Wildman–Crippen LogP) is 1.19. The summed E-state index contributed by atoms with van der Waals surface area (Å²) < 4.78 is 27.3. The number of fused-ring (bicyclic) bond motifs is 1. The number of rotatable bonds is 6. The van der Waals surface area contributed by atoms with Crippen LogP contribution in [0.3, 0.4) is 0 Å². The van der Waals surface area contributed by atoms with E-state index in [1.165, 1.54) is 16.6 Å². The third-order valence-corrected chi connectivity index (χ3v) is 4.93. The fourth-order valence-electron chi connectivity index (χ4n) is 2.73. The Morgan fingerprint density at radius 3 is 2.67 bits per heavy atom. The molecule has 3 aromatic rings. The SMILES string of the molecule is CN(C)CCc1cn(S(C)(=O)=O)c2ccc(Cn3cncn3)cc12. The molecule has 0 spiro atoms. The molecule has 2 heterocycles. The summed E-state index contributed by atoms with van der Waals surface area (Å²) in [5.41, 5.74) is 2.81. The molecule has 8 heteroatoms. The molecule has 7 nitrogen and oxygen atoms in total. The zero-order chi connectivity index (χ0) is 17.3. The standard InChI is InChI=1S/C16H21N5O2S/c1-19(2)7-6-14-10-21(24(3,22)23)16-5-4-13(8-15(14)16)9-20-12-17-11-18-20/h4-5,8,10-12H,6-7,9H2,1-3H3. The first-order chi connectivity index (χ1) is 11.3. The van der Waals surface area contributed by atoms with Crippen molar-refractivity contribution in [1.82, 2.24) is 23.6 Å². The number of nitrogens with zero attached hydrogens (tertiary/aromatic N) is 5. The highest BCUT2D eigenvalue weighted by Gasteiger charge is 2.15. The highest BCUT2D eigenvalue weighted by Crippen LogP contribution is 2.25. The molecular formula is C16H21N5O2S. The van der Waals surface area contributed by atoms with E-state index >= 15 is 0 Å². The second-order valence-electron chi connectivity index (χ2n) is 6.21. The van der Waals surface area contributed by atoms with E-state index in [9.17, 15) is 8.42 Å². The lowest BCUT2D eigenvalue weighted by Crippen LogP contribution is -2.15. The van der Waals surface area contributed by atoms with E-state index < -0.39 is 10.0 Å². The Kier molecular flexibility index (Phi) is 4.42. The molecule has 0 fully saturated rings. The van der Waals surface area contributed by atoms with Gasteiger partial charge in [0.05, 0.1) is 18.3 Å². The van der Waals surface area contributed by atoms with Crippen LogP contribution in [0, 0.1) is 0 Å². The lowest BCUT2D eigenvalue weighted by atomic mass is 10.1. The van der Waals surface area contributed by atoms with Crippen LogP contribution in [0.25, 0.3) is 10.9 Å². The molecule has 24 heavy (non-hydrogen) atoms. The van der Waals surface area contributed by atoms with E-state index in [1.54, 1.807) is 17.2 Å². The molecule has 0 saturated carbocycles. The van der Waals surface area contributed by atoms with Crippen molar-refractivity contribution in [3.05, 3.63) is 48.2 Å². The summed E-state index contributed by atoms with van der Waals surface area (Å²) >= 11 is 0. The van der Waals surface area contributed by atoms with Crippen molar-refractivity contribution in [2.24, 2.45) is 0 Å². The minimum absolute atomic E-state index is 0.604. The molecule has 0 atom stereocenters. The van der Waals surface area contributed by atoms with Gasteiger partial charge in [0.1, 0.15) is 12.7 Å². The summed E-state index contributed by atoms with van der Waals surface area (Å²) in [7, 11) is 0.677. The van der Waals surface area contributed by atoms with Crippen molar-refractivity contribution in [2.45, 2.75) is 13.0 Å². The molecular weight excluding hydrogens is 326 g/mol. The lowest BCUT2D eigenvalue weighted by Gasteiger charge is -2.08. The molecule has 0 amide bonds. The Labute approximate surface area is 141 Å². The van der Waals surface area contributed by atoms with Gasteiger partial charge < -0.3 is 4.90 Å². The van der Waals surface area contributed by atoms with Gasteiger partial charge in [0.2, 0.25) is 10.0 Å². The smallest absolute Gasteiger partial charge is 0.236 e. The number of hydrogen-bond donors (Lipinski definition) is 0. The average Bonchev–Trinajstić information content (AvgIpc) is 3.12. The maximum absolute atomic E-state index is 12.1. The van der Waals surface area contributed by atoms with Gasteiger partial charge in [-0.25, -0.2) is 22.1 Å². The third kappa shape index (κ3) is 3.49. The lowest BCUT2D eigenvalue weighted by molar-refractivity contribution is 0.414. The molecule has 0 bridgehead atoms. The van der Waals surface area contributed by atoms with Crippen LogP contribution in [0.5, 0.6) is 0 Å². The Morgan fingerprint density at radius 1 is 1.25 bits per heavy atom. The summed E-state index contributed by atoms with van der Waals surface area (Å²) in [6.07, 6.45) is 6.92. The minimum atomic E-state index is -3.33. The zero-order valence-electron chi connectivity index (χ0n) is 14.0. The average molecular weight is 347 g/mol. The van der Waals surface area contributed by atoms with Crippen LogP contribution in [0.2, 0.25) is 0 Å². The molecule has 2 aromatic heterocycles. The number of benzene rings is 1. The summed E-state index contributed by atoms with van der Waals surface area (Å²) in [6.45, 7) is 1.46. The van der Waals surface area contributed by atoms with Gasteiger partial charge in [0.25, 0.3) is 0 Å². The van der Waals surface area contributed by atoms with Gasteiger partial charge in [-0.1, -0.05) is 6.07 Å². The van der Waals surface area contributed by atoms with Gasteiger partial charge in [-0.3, -0.25) is 0 Å². The Hall–Kier alpha value is -2.19. The first-order valence-electron chi connectivity index (χ1n) is 7.65. The van der Waals surface area contributed by atoms with Crippen LogP contribution in [-0.2, 0) is 23.0 Å². The first-order valence-corrected chi connectivity index (χ1v) is 9.50. The molecule has 0 radical (unpaired) electrons. The summed E-state index contributed by atoms with van der Waals surface area (Å²) in [5.74, 6) is 0. The van der Waals surface area contributed by atoms with Crippen molar-refractivity contribution in [1.29, 1.82) is 0 Å². The topological polar surface area (TPSA) is 73.0 Å². The van der Waals surface area contributed by atoms with Crippen molar-refractivity contribution in [2.75, 3.05) is 26.9 Å². The van der Waals surface area contributed by atoms with E-state index in [4.69, 9.17) is 0 Å². The van der Waals surface area contributed by atoms with Crippen LogP contribution < -0.4 is 0 Å². The Bertz CT molecular complexity index is 942. The largest absolute Gasteiger partial charge is 0.309 e. The van der Waals surface area contributed by atoms with Gasteiger partial charge in [-0.2, -0.15) is 5.10 Å². The Morgan fingerprint density at radius 2 is 2.04 bits per heavy atom. The van der Waals surface area contributed by atoms with Gasteiger partial charge in [0, 0.05) is 18.1 Å². The van der Waals surface area contributed by atoms with Crippen LogP contribution in [0.1, 0.15) is 11.1 Å². The molecule has 0 N–H and O–H groups in total. The number of likely N-dealkylation sites (N-methyl/N-ethyl adjacent to an activating group) is 1. The monoisotopic (exact) mass is 347 g/mol. The van der Waals surface area contributed by atoms with E-state index in [1.807, 2.05) is 32.3 Å². The van der Waals surface area contributed by atoms with E-state index in [2.05, 4.69) is 15.0 Å². The zero-order valence-corrected chi connectivity index (χ0v) is 14.9. The second kappa shape index (κ2) is 6.37. The van der Waals surface area contributed by atoms with Gasteiger partial charge >= 0.3 is 0 Å². The molecule has 3 rings (SSSR count). The van der Waals surface area contributed by atoms with E-state index in [0.29, 0.717) is 12.1 Å². The van der Waals surface area contributed by atoms with E-state index in [0.717, 1.165) is 29.5 Å². The summed E-state index contributed by atoms with van der Waals surface area (Å²) in [5, 5.41) is 5.09. The van der Waals surface area contributed by atoms with Crippen molar-refractivity contribution < 1.29 is 8.42 Å². The fourth-order valence-corrected chi connectivity index (χ4v) is 3.57. The van der Waals surface area contributed by atoms with Crippen molar-refractivity contribution >= 4 is 20.9 Å². The third-order valence-electron chi connectivity index (χ3n) is 3.91. The summed E-state index contributed by atoms with van der Waals surface area (Å²) in [4.78, 5) is 6.03. The van der Waals surface area contributed by atoms with Crippen LogP contribution in [0.15, 0.2) is 37.1 Å². The van der Waals surface area contributed by atoms with Crippen LogP contribution in [-0.4, -0.2) is 59.0 Å². The molecule has 0 unspecified atom stereocenters. The molecule has 128 valence electrons. The van der Waals surface area contributed by atoms with Crippen LogP contribution in [0.4, 0.5) is 0 Å². The quantitative estimate of drug-likeness (QED) is 0.670. The molecule has 1 aromatic carbocycles. The Balaban J connectivity index is 2.06. The van der Waals surface area contributed by atoms with Crippen molar-refractivity contribution in [3.63, 3.8) is 0 Å². The highest BCUT2D eigenvalue weighted by atomic mass is 32.2. The number of aromatic nitrogens is 4. The maximum atomic E-state index is 12.1. The highest BCUT2D eigenvalue weighted by molar-refractivity contribution is 7.89. The molecule has 0 aliphatic rings. The van der Waals surface area contributed by atoms with Gasteiger partial charge in [-0.05, 0) is 43.8 Å². The van der Waals surface area contributed by atoms with Gasteiger partial charge in [-0.15, -0.1) is 0 Å². The normalized spacial score (nSPS) is 12.3. The first kappa shape index (κ1) is 16.7. The number of hydrogen-bond acceptors (Lipinski definition) is 5. The molecule has 0 aliphatic heterocycles. The van der Waals surface area contributed by atoms with Gasteiger partial charge in [0.15, 0.2) is 0 Å². The van der Waals surface area contributed by atoms with Crippen LogP contribution >= 0.6 is 0 Å². The minimum Gasteiger partial charge on any atom is -0.309 e. The fraction of sp³-hybridized carbons (Fsp3) is 0.375. The van der Waals surface area contributed by atoms with E-state index in [-0.39, 0.29) is 0 Å². The van der Waals surface area contributed by atoms with Crippen molar-refractivity contribution in [3.8, 4) is 0 Å². The molecule has 0 aliphatic carbocycles. The second-order valence-corrected chi connectivity index (χ2v) is 8.07. The maximum Gasteiger partial charge on any atom is 0.236 e. The summed E-state index contributed by atoms with van der Waals surface area (Å²) in [6, 6.07) is 5.84. The predicted molar refractivity (Wildman–Crippen MR) is 93.6 cm³/mol. The molecule has 0 saturated heterocycles.